The second kappa shape index (κ2) is 27.1. The molecule has 76 heavy (non-hydrogen) atoms. The summed E-state index contributed by atoms with van der Waals surface area (Å²) in [5.41, 5.74) is 4.37. The molecule has 0 aliphatic heterocycles. The monoisotopic (exact) mass is 1030 g/mol. The van der Waals surface area contributed by atoms with Gasteiger partial charge in [0.1, 0.15) is 28.7 Å². The molecule has 7 aromatic rings. The molecule has 0 spiro atoms. The van der Waals surface area contributed by atoms with E-state index in [2.05, 4.69) is 29.0 Å². The summed E-state index contributed by atoms with van der Waals surface area (Å²) in [7, 11) is 0. The minimum absolute atomic E-state index is 0.122. The maximum atomic E-state index is 12.9. The van der Waals surface area contributed by atoms with E-state index in [0.29, 0.717) is 48.9 Å². The van der Waals surface area contributed by atoms with Gasteiger partial charge >= 0.3 is 35.8 Å². The zero-order chi connectivity index (χ0) is 53.8. The zero-order valence-corrected chi connectivity index (χ0v) is 42.3. The van der Waals surface area contributed by atoms with Crippen LogP contribution in [-0.4, -0.2) is 62.1 Å². The second-order valence-electron chi connectivity index (χ2n) is 17.0. The molecule has 16 nitrogen and oxygen atoms in total. The van der Waals surface area contributed by atoms with Crippen LogP contribution in [0, 0.1) is 5.92 Å². The van der Waals surface area contributed by atoms with Crippen molar-refractivity contribution in [2.24, 2.45) is 16.1 Å². The van der Waals surface area contributed by atoms with Gasteiger partial charge in [-0.05, 0) is 184 Å². The predicted molar refractivity (Wildman–Crippen MR) is 282 cm³/mol. The predicted octanol–water partition coefficient (Wildman–Crippen LogP) is 12.5. The molecule has 1 unspecified atom stereocenters. The van der Waals surface area contributed by atoms with Gasteiger partial charge in [0, 0.05) is 25.2 Å². The molecule has 16 heteroatoms. The quantitative estimate of drug-likeness (QED) is 0.0254. The number of benzene rings is 7. The Morgan fingerprint density at radius 1 is 0.421 bits per heavy atom. The van der Waals surface area contributed by atoms with Gasteiger partial charge in [-0.1, -0.05) is 26.0 Å². The first-order valence-corrected chi connectivity index (χ1v) is 24.6. The number of rotatable bonds is 23. The Hall–Kier alpha value is -9.28. The normalized spacial score (nSPS) is 11.3. The van der Waals surface area contributed by atoms with Crippen LogP contribution in [0.4, 0.5) is 17.1 Å². The maximum Gasteiger partial charge on any atom is 0.343 e. The van der Waals surface area contributed by atoms with E-state index in [0.717, 1.165) is 30.8 Å². The van der Waals surface area contributed by atoms with Crippen LogP contribution in [0.2, 0.25) is 0 Å². The third-order valence-electron chi connectivity index (χ3n) is 11.7. The first kappa shape index (κ1) is 54.5. The number of hydrogen-bond acceptors (Lipinski definition) is 16. The summed E-state index contributed by atoms with van der Waals surface area (Å²) in [5, 5.41) is 8.57. The molecule has 0 aromatic heterocycles. The largest absolute Gasteiger partial charge is 0.465 e. The Bertz CT molecular complexity index is 3100. The zero-order valence-electron chi connectivity index (χ0n) is 42.3. The molecule has 0 aliphatic rings. The third kappa shape index (κ3) is 15.9. The van der Waals surface area contributed by atoms with Crippen LogP contribution in [0.15, 0.2) is 180 Å². The highest BCUT2D eigenvalue weighted by Gasteiger charge is 2.17. The summed E-state index contributed by atoms with van der Waals surface area (Å²) in [6, 6.07) is 44.4. The topological polar surface area (TPSA) is 195 Å². The summed E-state index contributed by atoms with van der Waals surface area (Å²) >= 11 is 0. The van der Waals surface area contributed by atoms with Gasteiger partial charge in [0.15, 0.2) is 0 Å². The Kier molecular flexibility index (Phi) is 19.5. The van der Waals surface area contributed by atoms with Crippen LogP contribution in [0.5, 0.6) is 28.7 Å². The summed E-state index contributed by atoms with van der Waals surface area (Å²) < 4.78 is 38.3. The van der Waals surface area contributed by atoms with Crippen LogP contribution in [-0.2, 0) is 20.9 Å². The molecule has 0 bridgehead atoms. The van der Waals surface area contributed by atoms with Crippen LogP contribution in [0.25, 0.3) is 0 Å². The maximum absolute atomic E-state index is 12.9. The summed E-state index contributed by atoms with van der Waals surface area (Å²) in [5.74, 6) is -2.53. The smallest absolute Gasteiger partial charge is 0.343 e. The number of azo groups is 1. The van der Waals surface area contributed by atoms with Gasteiger partial charge in [0.2, 0.25) is 0 Å². The van der Waals surface area contributed by atoms with E-state index in [1.54, 1.807) is 48.5 Å². The van der Waals surface area contributed by atoms with Crippen molar-refractivity contribution in [3.63, 3.8) is 0 Å². The van der Waals surface area contributed by atoms with E-state index < -0.39 is 29.8 Å². The van der Waals surface area contributed by atoms with Crippen molar-refractivity contribution >= 4 is 52.9 Å². The van der Waals surface area contributed by atoms with Gasteiger partial charge in [0.25, 0.3) is 0 Å². The van der Waals surface area contributed by atoms with E-state index >= 15 is 0 Å². The molecule has 0 saturated heterocycles. The van der Waals surface area contributed by atoms with E-state index in [9.17, 15) is 28.8 Å². The lowest BCUT2D eigenvalue weighted by Gasteiger charge is -2.20. The first-order valence-electron chi connectivity index (χ1n) is 24.6. The highest BCUT2D eigenvalue weighted by Crippen LogP contribution is 2.26. The Morgan fingerprint density at radius 3 is 1.07 bits per heavy atom. The lowest BCUT2D eigenvalue weighted by Crippen LogP contribution is -2.21. The minimum atomic E-state index is -0.696. The standard InChI is InChI=1S/C60H55N3O13/c1-5-40(4)55(64)71-38-8-37-70-39-41-9-11-42(12-10-41)56(65)72-50-27-13-43(14-28-50)57(66)73-51-29-15-44(16-30-51)58(67)74-52-31-17-45(18-32-52)59(68)75-53-33-19-46(20-34-53)60(69)76-54-35-23-48(24-36-54)62-61-47-21-25-49(26-22-47)63(6-2)7-3/h9-36,40H,5-8,37-39H2,1-4H3. The average molecular weight is 1030 g/mol. The van der Waals surface area contributed by atoms with Gasteiger partial charge < -0.3 is 38.1 Å². The SMILES string of the molecule is CCC(C)C(=O)OCCCOCc1ccc(C(=O)Oc2ccc(C(=O)Oc3ccc(C(=O)Oc4ccc(C(=O)Oc5ccc(C(=O)Oc6ccc(N=Nc7ccc(N(CC)CC)cc7)cc6)cc5)cc4)cc3)cc2)cc1. The number of ether oxygens (including phenoxy) is 7. The van der Waals surface area contributed by atoms with Gasteiger partial charge in [0.05, 0.1) is 64.9 Å². The molecule has 0 amide bonds. The molecule has 0 aliphatic carbocycles. The number of carbonyl (C=O) groups excluding carboxylic acids is 6. The van der Waals surface area contributed by atoms with E-state index in [1.807, 2.05) is 38.1 Å². The first-order chi connectivity index (χ1) is 36.9. The highest BCUT2D eigenvalue weighted by molar-refractivity contribution is 5.95. The number of esters is 6. The molecule has 0 saturated carbocycles. The summed E-state index contributed by atoms with van der Waals surface area (Å²) in [6.07, 6.45) is 1.31. The molecular weight excluding hydrogens is 971 g/mol. The van der Waals surface area contributed by atoms with Gasteiger partial charge in [-0.25, -0.2) is 24.0 Å². The minimum Gasteiger partial charge on any atom is -0.465 e. The van der Waals surface area contributed by atoms with Crippen molar-refractivity contribution in [1.82, 2.24) is 0 Å². The summed E-state index contributed by atoms with van der Waals surface area (Å²) in [6.45, 7) is 10.9. The fourth-order valence-electron chi connectivity index (χ4n) is 7.05. The fraction of sp³-hybridized carbons (Fsp3) is 0.200. The lowest BCUT2D eigenvalue weighted by atomic mass is 10.1. The molecule has 388 valence electrons. The second-order valence-corrected chi connectivity index (χ2v) is 17.0. The number of nitrogens with zero attached hydrogens (tertiary/aromatic N) is 3. The average Bonchev–Trinajstić information content (AvgIpc) is 3.45. The molecule has 7 rings (SSSR count). The van der Waals surface area contributed by atoms with Crippen LogP contribution in [0.3, 0.4) is 0 Å². The summed E-state index contributed by atoms with van der Waals surface area (Å²) in [4.78, 5) is 78.4. The van der Waals surface area contributed by atoms with Crippen LogP contribution in [0.1, 0.15) is 97.9 Å². The van der Waals surface area contributed by atoms with Gasteiger partial charge in [-0.3, -0.25) is 4.79 Å². The van der Waals surface area contributed by atoms with Crippen LogP contribution < -0.4 is 28.6 Å². The number of hydrogen-bond donors (Lipinski definition) is 0. The molecule has 0 radical (unpaired) electrons. The van der Waals surface area contributed by atoms with Crippen molar-refractivity contribution in [3.8, 4) is 28.7 Å². The van der Waals surface area contributed by atoms with Gasteiger partial charge in [-0.15, -0.1) is 0 Å². The fourth-order valence-corrected chi connectivity index (χ4v) is 7.05. The number of anilines is 1. The van der Waals surface area contributed by atoms with Crippen molar-refractivity contribution < 1.29 is 61.9 Å². The lowest BCUT2D eigenvalue weighted by molar-refractivity contribution is -0.148. The molecule has 0 N–H and O–H groups in total. The van der Waals surface area contributed by atoms with Crippen molar-refractivity contribution in [3.05, 3.63) is 203 Å². The van der Waals surface area contributed by atoms with Crippen LogP contribution >= 0.6 is 0 Å². The molecule has 0 fully saturated rings. The Balaban J connectivity index is 0.801. The van der Waals surface area contributed by atoms with E-state index in [-0.39, 0.29) is 57.1 Å². The van der Waals surface area contributed by atoms with E-state index in [4.69, 9.17) is 33.2 Å². The molecule has 7 aromatic carbocycles. The Morgan fingerprint density at radius 2 is 0.737 bits per heavy atom. The highest BCUT2D eigenvalue weighted by atomic mass is 16.6. The van der Waals surface area contributed by atoms with E-state index in [1.165, 1.54) is 97.1 Å². The number of carbonyl (C=O) groups is 6. The third-order valence-corrected chi connectivity index (χ3v) is 11.7. The molecule has 0 heterocycles. The van der Waals surface area contributed by atoms with Crippen molar-refractivity contribution in [2.75, 3.05) is 31.2 Å². The molecule has 1 atom stereocenters. The van der Waals surface area contributed by atoms with Gasteiger partial charge in [-0.2, -0.15) is 10.2 Å². The van der Waals surface area contributed by atoms with Crippen molar-refractivity contribution in [1.29, 1.82) is 0 Å². The molecular formula is C60H55N3O13. The Labute approximate surface area is 439 Å². The van der Waals surface area contributed by atoms with Crippen molar-refractivity contribution in [2.45, 2.75) is 47.1 Å².